The second-order valence-corrected chi connectivity index (χ2v) is 14.7. The van der Waals surface area contributed by atoms with Gasteiger partial charge in [-0.15, -0.1) is 0 Å². The van der Waals surface area contributed by atoms with E-state index in [1.807, 2.05) is 12.4 Å². The van der Waals surface area contributed by atoms with Crippen LogP contribution in [0.25, 0.3) is 22.6 Å². The summed E-state index contributed by atoms with van der Waals surface area (Å²) in [6.45, 7) is 7.22. The van der Waals surface area contributed by atoms with Crippen LogP contribution >= 0.6 is 0 Å². The Morgan fingerprint density at radius 3 is 2.28 bits per heavy atom. The molecule has 7 rings (SSSR count). The predicted octanol–water partition coefficient (Wildman–Crippen LogP) is 3.91. The van der Waals surface area contributed by atoms with Gasteiger partial charge in [0.15, 0.2) is 0 Å². The number of benzene rings is 2. The molecule has 3 aromatic heterocycles. The monoisotopic (exact) mass is 789 g/mol. The van der Waals surface area contributed by atoms with E-state index in [1.165, 1.54) is 35.5 Å². The van der Waals surface area contributed by atoms with Crippen LogP contribution in [0.3, 0.4) is 0 Å². The number of hydrogen-bond donors (Lipinski definition) is 3. The molecule has 2 aliphatic heterocycles. The molecule has 0 saturated carbocycles. The number of anilines is 1. The van der Waals surface area contributed by atoms with Crippen LogP contribution in [-0.2, 0) is 21.6 Å². The third-order valence-electron chi connectivity index (χ3n) is 10.8. The maximum Gasteiger partial charge on any atom is 0.220 e. The number of nitrogens with one attached hydrogen (secondary N) is 1. The van der Waals surface area contributed by atoms with Gasteiger partial charge in [0.25, 0.3) is 0 Å². The van der Waals surface area contributed by atoms with Gasteiger partial charge in [-0.2, -0.15) is 5.10 Å². The highest BCUT2D eigenvalue weighted by Crippen LogP contribution is 2.35. The summed E-state index contributed by atoms with van der Waals surface area (Å²) < 4.78 is 57.5. The summed E-state index contributed by atoms with van der Waals surface area (Å²) in [4.78, 5) is 21.7. The Hall–Kier alpha value is -4.78. The van der Waals surface area contributed by atoms with Crippen LogP contribution < -0.4 is 11.1 Å². The van der Waals surface area contributed by atoms with Crippen molar-refractivity contribution in [3.8, 4) is 22.6 Å². The molecule has 0 aliphatic carbocycles. The maximum atomic E-state index is 14.8. The van der Waals surface area contributed by atoms with Gasteiger partial charge in [0.05, 0.1) is 56.4 Å². The number of halogens is 3. The number of β-amino-alcohol motifs (C(OH)–C–C–N with tert-alkyl or cyclic N) is 1. The number of likely N-dealkylation sites (tertiary alicyclic amines) is 2. The zero-order valence-corrected chi connectivity index (χ0v) is 31.9. The molecule has 1 atom stereocenters. The molecule has 2 fully saturated rings. The van der Waals surface area contributed by atoms with Gasteiger partial charge in [0, 0.05) is 68.2 Å². The summed E-state index contributed by atoms with van der Waals surface area (Å²) in [5.41, 5.74) is 7.43. The Morgan fingerprint density at radius 2 is 1.56 bits per heavy atom. The Bertz CT molecular complexity index is 2000. The molecule has 2 saturated heterocycles. The lowest BCUT2D eigenvalue weighted by atomic mass is 9.91. The minimum absolute atomic E-state index is 0.00703. The van der Waals surface area contributed by atoms with Gasteiger partial charge in [-0.25, -0.2) is 37.8 Å². The fraction of sp³-hybridized carbons (Fsp3) is 0.475. The first-order valence-electron chi connectivity index (χ1n) is 19.5. The highest BCUT2D eigenvalue weighted by molar-refractivity contribution is 5.77. The van der Waals surface area contributed by atoms with Crippen LogP contribution in [-0.4, -0.2) is 127 Å². The lowest BCUT2D eigenvalue weighted by Crippen LogP contribution is -2.50. The standard InChI is InChI=1S/C40H50F3N11O3/c41-30-3-1-29(2-4-30)37-38(36-7-12-47-39(44)50-36)54(28-48-37)33-10-16-51(17-11-33)18-20-57-22-21-56-19-13-46-32-8-14-52(15-9-32)24-40(55,25-53-27-45-26-49-53)34-6-5-31(42)23-35(34)43/h1-7,12,23,26-28,32-33,46,55H,8-11,13-22,24-25H2,(H2,44,47,50)/t40-/m0/s1. The summed E-state index contributed by atoms with van der Waals surface area (Å²) in [7, 11) is 0. The average molecular weight is 790 g/mol. The molecule has 2 aliphatic rings. The Kier molecular flexibility index (Phi) is 13.5. The number of aromatic nitrogens is 7. The van der Waals surface area contributed by atoms with Crippen LogP contribution in [0.1, 0.15) is 37.3 Å². The Morgan fingerprint density at radius 1 is 0.825 bits per heavy atom. The van der Waals surface area contributed by atoms with E-state index in [4.69, 9.17) is 20.2 Å². The van der Waals surface area contributed by atoms with E-state index in [-0.39, 0.29) is 36.5 Å². The largest absolute Gasteiger partial charge is 0.382 e. The number of nitrogens with zero attached hydrogens (tertiary/aromatic N) is 9. The zero-order chi connectivity index (χ0) is 39.6. The molecule has 5 aromatic rings. The van der Waals surface area contributed by atoms with Crippen molar-refractivity contribution in [3.63, 3.8) is 0 Å². The molecule has 5 heterocycles. The van der Waals surface area contributed by atoms with Crippen LogP contribution in [0.5, 0.6) is 0 Å². The molecule has 0 radical (unpaired) electrons. The topological polar surface area (TPSA) is 158 Å². The molecule has 4 N–H and O–H groups in total. The molecule has 17 heteroatoms. The summed E-state index contributed by atoms with van der Waals surface area (Å²) >= 11 is 0. The molecule has 304 valence electrons. The van der Waals surface area contributed by atoms with E-state index in [0.717, 1.165) is 74.4 Å². The number of imidazole rings is 1. The highest BCUT2D eigenvalue weighted by atomic mass is 19.1. The van der Waals surface area contributed by atoms with Crippen molar-refractivity contribution in [2.75, 3.05) is 78.0 Å². The molecule has 57 heavy (non-hydrogen) atoms. The van der Waals surface area contributed by atoms with Crippen LogP contribution in [0.4, 0.5) is 19.1 Å². The molecule has 0 amide bonds. The summed E-state index contributed by atoms with van der Waals surface area (Å²) in [6.07, 6.45) is 9.91. The van der Waals surface area contributed by atoms with Gasteiger partial charge in [-0.05, 0) is 75.2 Å². The van der Waals surface area contributed by atoms with Gasteiger partial charge >= 0.3 is 0 Å². The van der Waals surface area contributed by atoms with Gasteiger partial charge in [-0.1, -0.05) is 6.07 Å². The van der Waals surface area contributed by atoms with Gasteiger partial charge < -0.3 is 35.1 Å². The van der Waals surface area contributed by atoms with Crippen molar-refractivity contribution in [2.45, 2.75) is 49.9 Å². The van der Waals surface area contributed by atoms with Crippen molar-refractivity contribution in [3.05, 3.63) is 96.7 Å². The number of rotatable bonds is 18. The van der Waals surface area contributed by atoms with Crippen molar-refractivity contribution in [1.82, 2.24) is 49.4 Å². The molecule has 0 bridgehead atoms. The number of nitrogen functional groups attached to an aromatic ring is 1. The molecule has 14 nitrogen and oxygen atoms in total. The lowest BCUT2D eigenvalue weighted by Gasteiger charge is -2.38. The van der Waals surface area contributed by atoms with Gasteiger partial charge in [0.2, 0.25) is 5.95 Å². The van der Waals surface area contributed by atoms with Gasteiger partial charge in [0.1, 0.15) is 35.7 Å². The molecular weight excluding hydrogens is 740 g/mol. The fourth-order valence-corrected chi connectivity index (χ4v) is 7.82. The Balaban J connectivity index is 0.772. The number of piperidine rings is 2. The van der Waals surface area contributed by atoms with Crippen molar-refractivity contribution in [1.29, 1.82) is 0 Å². The predicted molar refractivity (Wildman–Crippen MR) is 207 cm³/mol. The quantitative estimate of drug-likeness (QED) is 0.110. The lowest BCUT2D eigenvalue weighted by molar-refractivity contribution is -0.0274. The molecule has 2 aromatic carbocycles. The van der Waals surface area contributed by atoms with Crippen LogP contribution in [0, 0.1) is 17.5 Å². The van der Waals surface area contributed by atoms with E-state index in [2.05, 4.69) is 39.7 Å². The second kappa shape index (κ2) is 19.1. The number of nitrogens with two attached hydrogens (primary N) is 1. The zero-order valence-electron chi connectivity index (χ0n) is 31.9. The normalized spacial score (nSPS) is 17.3. The minimum Gasteiger partial charge on any atom is -0.382 e. The molecular formula is C40H50F3N11O3. The summed E-state index contributed by atoms with van der Waals surface area (Å²) in [5.74, 6) is -1.60. The molecule has 0 unspecified atom stereocenters. The first-order chi connectivity index (χ1) is 27.7. The van der Waals surface area contributed by atoms with E-state index >= 15 is 0 Å². The van der Waals surface area contributed by atoms with E-state index < -0.39 is 17.2 Å². The molecule has 0 spiro atoms. The SMILES string of the molecule is Nc1nccc(-c2c(-c3ccc(F)cc3)ncn2C2CCN(CCOCCOCCNC3CCN(C[C@](O)(Cn4cncn4)c4ccc(F)cc4F)CC3)CC2)n1. The van der Waals surface area contributed by atoms with Crippen molar-refractivity contribution in [2.24, 2.45) is 0 Å². The summed E-state index contributed by atoms with van der Waals surface area (Å²) in [6, 6.07) is 11.9. The smallest absolute Gasteiger partial charge is 0.220 e. The number of ether oxygens (including phenoxy) is 2. The van der Waals surface area contributed by atoms with E-state index in [0.29, 0.717) is 57.8 Å². The van der Waals surface area contributed by atoms with E-state index in [1.54, 1.807) is 18.3 Å². The number of aliphatic hydroxyl groups is 1. The first-order valence-corrected chi connectivity index (χ1v) is 19.5. The summed E-state index contributed by atoms with van der Waals surface area (Å²) in [5, 5.41) is 19.3. The third kappa shape index (κ3) is 10.6. The maximum absolute atomic E-state index is 14.8. The van der Waals surface area contributed by atoms with Crippen molar-refractivity contribution >= 4 is 5.95 Å². The van der Waals surface area contributed by atoms with Crippen molar-refractivity contribution < 1.29 is 27.8 Å². The third-order valence-corrected chi connectivity index (χ3v) is 10.8. The van der Waals surface area contributed by atoms with Crippen LogP contribution in [0.2, 0.25) is 0 Å². The fourth-order valence-electron chi connectivity index (χ4n) is 7.82. The minimum atomic E-state index is -1.61. The van der Waals surface area contributed by atoms with Crippen LogP contribution in [0.15, 0.2) is 73.7 Å². The van der Waals surface area contributed by atoms with Gasteiger partial charge in [-0.3, -0.25) is 4.90 Å². The Labute approximate surface area is 329 Å². The second-order valence-electron chi connectivity index (χ2n) is 14.7. The first kappa shape index (κ1) is 40.4. The average Bonchev–Trinajstić information content (AvgIpc) is 3.89. The highest BCUT2D eigenvalue weighted by Gasteiger charge is 2.36. The van der Waals surface area contributed by atoms with E-state index in [9.17, 15) is 18.3 Å². The number of hydrogen-bond acceptors (Lipinski definition) is 12.